The summed E-state index contributed by atoms with van der Waals surface area (Å²) >= 11 is 3.99. The molecule has 2 aromatic heterocycles. The number of imidazole rings is 1. The lowest BCUT2D eigenvalue weighted by atomic mass is 10.0. The first-order valence-corrected chi connectivity index (χ1v) is 13.0. The Balaban J connectivity index is 1.77. The summed E-state index contributed by atoms with van der Waals surface area (Å²) < 4.78 is 0. The summed E-state index contributed by atoms with van der Waals surface area (Å²) in [5, 5.41) is 27.1. The van der Waals surface area contributed by atoms with Gasteiger partial charge in [0.2, 0.25) is 17.7 Å². The number of para-hydroxylation sites is 1. The summed E-state index contributed by atoms with van der Waals surface area (Å²) in [6.07, 6.45) is 3.56. The first-order chi connectivity index (χ1) is 19.1. The number of aliphatic carboxylic acids is 2. The SMILES string of the molecule is NC(CS)C(=O)NC(Cc1cnc[nH]1)C(=O)NC(CCC(=O)O)C(=O)NC(Cc1c[nH]c2ccccc12)C(=O)O. The topological polar surface area (TPSA) is 232 Å². The quantitative estimate of drug-likeness (QED) is 0.105. The van der Waals surface area contributed by atoms with Crippen molar-refractivity contribution in [2.75, 3.05) is 5.75 Å². The number of hydrogen-bond acceptors (Lipinski definition) is 8. The second-order valence-electron chi connectivity index (χ2n) is 9.09. The maximum atomic E-state index is 13.2. The van der Waals surface area contributed by atoms with Gasteiger partial charge in [-0.05, 0) is 18.1 Å². The van der Waals surface area contributed by atoms with E-state index in [0.29, 0.717) is 11.3 Å². The molecule has 4 atom stereocenters. The van der Waals surface area contributed by atoms with Crippen molar-refractivity contribution in [3.63, 3.8) is 0 Å². The molecule has 0 spiro atoms. The first kappa shape index (κ1) is 30.2. The lowest BCUT2D eigenvalue weighted by Crippen LogP contribution is -2.58. The molecule has 3 amide bonds. The van der Waals surface area contributed by atoms with Crippen LogP contribution in [0, 0.1) is 0 Å². The van der Waals surface area contributed by atoms with E-state index in [1.165, 1.54) is 12.5 Å². The van der Waals surface area contributed by atoms with Crippen LogP contribution in [-0.2, 0) is 36.8 Å². The molecule has 1 aromatic carbocycles. The van der Waals surface area contributed by atoms with Gasteiger partial charge in [0.05, 0.1) is 12.4 Å². The number of thiol groups is 1. The van der Waals surface area contributed by atoms with Crippen LogP contribution in [0.4, 0.5) is 0 Å². The van der Waals surface area contributed by atoms with Gasteiger partial charge in [0.15, 0.2) is 0 Å². The predicted molar refractivity (Wildman–Crippen MR) is 146 cm³/mol. The molecule has 40 heavy (non-hydrogen) atoms. The summed E-state index contributed by atoms with van der Waals surface area (Å²) in [5.74, 6) is -4.87. The smallest absolute Gasteiger partial charge is 0.326 e. The minimum absolute atomic E-state index is 0.0148. The zero-order chi connectivity index (χ0) is 29.2. The number of aromatic amines is 2. The monoisotopic (exact) mass is 573 g/mol. The van der Waals surface area contributed by atoms with E-state index in [2.05, 4.69) is 43.5 Å². The fourth-order valence-electron chi connectivity index (χ4n) is 3.99. The number of nitrogens with zero attached hydrogens (tertiary/aromatic N) is 1. The van der Waals surface area contributed by atoms with Crippen molar-refractivity contribution in [3.05, 3.63) is 54.2 Å². The molecule has 9 N–H and O–H groups in total. The van der Waals surface area contributed by atoms with Gasteiger partial charge in [-0.15, -0.1) is 0 Å². The van der Waals surface area contributed by atoms with Gasteiger partial charge < -0.3 is 41.9 Å². The number of carbonyl (C=O) groups excluding carboxylic acids is 3. The van der Waals surface area contributed by atoms with Crippen LogP contribution in [0.2, 0.25) is 0 Å². The van der Waals surface area contributed by atoms with Gasteiger partial charge in [0.1, 0.15) is 18.1 Å². The van der Waals surface area contributed by atoms with Crippen LogP contribution in [0.25, 0.3) is 10.9 Å². The maximum absolute atomic E-state index is 13.2. The summed E-state index contributed by atoms with van der Waals surface area (Å²) in [5.41, 5.74) is 7.66. The number of hydrogen-bond donors (Lipinski definition) is 9. The van der Waals surface area contributed by atoms with Gasteiger partial charge in [-0.2, -0.15) is 12.6 Å². The Morgan fingerprint density at radius 1 is 0.925 bits per heavy atom. The van der Waals surface area contributed by atoms with E-state index in [-0.39, 0.29) is 25.0 Å². The Morgan fingerprint density at radius 3 is 2.25 bits per heavy atom. The standard InChI is InChI=1S/C25H31N7O7S/c26-16(11-40)22(35)31-19(8-14-10-27-12-29-14)24(37)30-18(5-6-21(33)34)23(36)32-20(25(38)39)7-13-9-28-17-4-2-1-3-15(13)17/h1-4,9-10,12,16,18-20,28,40H,5-8,11,26H2,(H,27,29)(H,30,37)(H,31,35)(H,32,36)(H,33,34)(H,38,39). The Morgan fingerprint density at radius 2 is 1.60 bits per heavy atom. The zero-order valence-electron chi connectivity index (χ0n) is 21.3. The number of nitrogens with two attached hydrogens (primary N) is 1. The second-order valence-corrected chi connectivity index (χ2v) is 9.45. The highest BCUT2D eigenvalue weighted by molar-refractivity contribution is 7.80. The molecule has 3 aromatic rings. The number of carbonyl (C=O) groups is 5. The number of aromatic nitrogens is 3. The van der Waals surface area contributed by atoms with E-state index in [9.17, 15) is 34.2 Å². The van der Waals surface area contributed by atoms with Crippen molar-refractivity contribution in [3.8, 4) is 0 Å². The van der Waals surface area contributed by atoms with Crippen molar-refractivity contribution in [2.24, 2.45) is 5.73 Å². The van der Waals surface area contributed by atoms with Gasteiger partial charge in [0.25, 0.3) is 0 Å². The highest BCUT2D eigenvalue weighted by Gasteiger charge is 2.31. The van der Waals surface area contributed by atoms with Crippen molar-refractivity contribution < 1.29 is 34.2 Å². The number of carboxylic acids is 2. The third-order valence-electron chi connectivity index (χ3n) is 6.14. The fraction of sp³-hybridized carbons (Fsp3) is 0.360. The molecule has 15 heteroatoms. The summed E-state index contributed by atoms with van der Waals surface area (Å²) in [6, 6.07) is 2.26. The van der Waals surface area contributed by atoms with Crippen LogP contribution in [0.5, 0.6) is 0 Å². The highest BCUT2D eigenvalue weighted by Crippen LogP contribution is 2.19. The molecule has 0 fully saturated rings. The highest BCUT2D eigenvalue weighted by atomic mass is 32.1. The van der Waals surface area contributed by atoms with E-state index in [4.69, 9.17) is 5.73 Å². The van der Waals surface area contributed by atoms with Gasteiger partial charge in [0, 0.05) is 54.0 Å². The summed E-state index contributed by atoms with van der Waals surface area (Å²) in [7, 11) is 0. The second kappa shape index (κ2) is 14.1. The Kier molecular flexibility index (Phi) is 10.7. The van der Waals surface area contributed by atoms with Crippen LogP contribution < -0.4 is 21.7 Å². The summed E-state index contributed by atoms with van der Waals surface area (Å²) in [6.45, 7) is 0. The van der Waals surface area contributed by atoms with Crippen LogP contribution >= 0.6 is 12.6 Å². The van der Waals surface area contributed by atoms with E-state index < -0.39 is 60.2 Å². The fourth-order valence-corrected chi connectivity index (χ4v) is 4.15. The van der Waals surface area contributed by atoms with Gasteiger partial charge in [-0.1, -0.05) is 18.2 Å². The molecule has 0 saturated heterocycles. The average Bonchev–Trinajstić information content (AvgIpc) is 3.59. The van der Waals surface area contributed by atoms with Crippen LogP contribution in [-0.4, -0.2) is 84.7 Å². The van der Waals surface area contributed by atoms with Crippen LogP contribution in [0.1, 0.15) is 24.1 Å². The predicted octanol–water partition coefficient (Wildman–Crippen LogP) is -0.663. The molecule has 0 bridgehead atoms. The normalized spacial score (nSPS) is 14.1. The molecule has 0 aliphatic carbocycles. The lowest BCUT2D eigenvalue weighted by Gasteiger charge is -2.24. The van der Waals surface area contributed by atoms with Gasteiger partial charge in [-0.25, -0.2) is 9.78 Å². The number of fused-ring (bicyclic) bond motifs is 1. The van der Waals surface area contributed by atoms with E-state index in [0.717, 1.165) is 10.9 Å². The zero-order valence-corrected chi connectivity index (χ0v) is 22.2. The van der Waals surface area contributed by atoms with E-state index in [1.54, 1.807) is 12.3 Å². The largest absolute Gasteiger partial charge is 0.481 e. The number of benzene rings is 1. The Hall–Kier alpha value is -4.37. The number of amides is 3. The minimum Gasteiger partial charge on any atom is -0.481 e. The Bertz CT molecular complexity index is 1340. The van der Waals surface area contributed by atoms with Gasteiger partial charge >= 0.3 is 11.9 Å². The third-order valence-corrected chi connectivity index (χ3v) is 6.53. The van der Waals surface area contributed by atoms with Crippen LogP contribution in [0.15, 0.2) is 43.0 Å². The molecular formula is C25H31N7O7S. The van der Waals surface area contributed by atoms with Gasteiger partial charge in [-0.3, -0.25) is 19.2 Å². The molecule has 4 unspecified atom stereocenters. The molecule has 2 heterocycles. The van der Waals surface area contributed by atoms with Crippen LogP contribution in [0.3, 0.4) is 0 Å². The molecule has 0 aliphatic heterocycles. The molecule has 214 valence electrons. The van der Waals surface area contributed by atoms with Crippen molar-refractivity contribution in [1.29, 1.82) is 0 Å². The molecular weight excluding hydrogens is 542 g/mol. The molecule has 0 radical (unpaired) electrons. The summed E-state index contributed by atoms with van der Waals surface area (Å²) in [4.78, 5) is 71.8. The lowest BCUT2D eigenvalue weighted by molar-refractivity contribution is -0.143. The average molecular weight is 574 g/mol. The van der Waals surface area contributed by atoms with Crippen molar-refractivity contribution in [1.82, 2.24) is 30.9 Å². The van der Waals surface area contributed by atoms with Crippen molar-refractivity contribution >= 4 is 53.2 Å². The van der Waals surface area contributed by atoms with E-state index >= 15 is 0 Å². The molecule has 0 saturated carbocycles. The third kappa shape index (κ3) is 8.31. The molecule has 3 rings (SSSR count). The number of rotatable bonds is 15. The Labute approximate surface area is 233 Å². The number of nitrogens with one attached hydrogen (secondary N) is 5. The maximum Gasteiger partial charge on any atom is 0.326 e. The number of H-pyrrole nitrogens is 2. The molecule has 0 aliphatic rings. The first-order valence-electron chi connectivity index (χ1n) is 12.3. The van der Waals surface area contributed by atoms with Crippen molar-refractivity contribution in [2.45, 2.75) is 49.9 Å². The molecule has 14 nitrogen and oxygen atoms in total. The van der Waals surface area contributed by atoms with E-state index in [1.807, 2.05) is 18.2 Å². The number of carboxylic acid groups (broad SMARTS) is 2. The minimum atomic E-state index is -1.41.